The van der Waals surface area contributed by atoms with Crippen LogP contribution in [0.1, 0.15) is 5.56 Å². The van der Waals surface area contributed by atoms with Crippen LogP contribution < -0.4 is 5.32 Å². The minimum Gasteiger partial charge on any atom is -0.338 e. The maximum Gasteiger partial charge on any atom is 0.274 e. The second-order valence-corrected chi connectivity index (χ2v) is 6.37. The molecule has 0 aliphatic heterocycles. The molecule has 0 aliphatic carbocycles. The van der Waals surface area contributed by atoms with Crippen LogP contribution in [-0.4, -0.2) is 15.4 Å². The second kappa shape index (κ2) is 6.45. The average molecular weight is 388 g/mol. The van der Waals surface area contributed by atoms with Crippen molar-refractivity contribution >= 4 is 44.1 Å². The van der Waals surface area contributed by atoms with Crippen molar-refractivity contribution < 1.29 is 9.72 Å². The fourth-order valence-electron chi connectivity index (χ4n) is 2.55. The molecule has 3 rings (SSSR count). The van der Waals surface area contributed by atoms with Gasteiger partial charge in [-0.05, 0) is 37.3 Å². The molecule has 3 aromatic rings. The topological polar surface area (TPSA) is 77.2 Å². The van der Waals surface area contributed by atoms with Gasteiger partial charge in [-0.25, -0.2) is 0 Å². The van der Waals surface area contributed by atoms with Crippen molar-refractivity contribution in [3.8, 4) is 0 Å². The normalized spacial score (nSPS) is 10.8. The summed E-state index contributed by atoms with van der Waals surface area (Å²) in [5.41, 5.74) is 1.91. The van der Waals surface area contributed by atoms with E-state index in [2.05, 4.69) is 21.2 Å². The first kappa shape index (κ1) is 16.2. The van der Waals surface area contributed by atoms with Crippen LogP contribution in [0.5, 0.6) is 0 Å². The van der Waals surface area contributed by atoms with Gasteiger partial charge in [-0.2, -0.15) is 0 Å². The Morgan fingerprint density at radius 3 is 2.79 bits per heavy atom. The molecule has 1 amide bonds. The summed E-state index contributed by atoms with van der Waals surface area (Å²) >= 11 is 3.42. The SMILES string of the molecule is Cc1ccc(NC(=O)Cn2ccc3cc(Br)ccc32)cc1[N+](=O)[O-]. The van der Waals surface area contributed by atoms with Gasteiger partial charge in [0.25, 0.3) is 5.69 Å². The number of fused-ring (bicyclic) bond motifs is 1. The maximum atomic E-state index is 12.2. The van der Waals surface area contributed by atoms with Crippen LogP contribution in [0.3, 0.4) is 0 Å². The number of hydrogen-bond donors (Lipinski definition) is 1. The summed E-state index contributed by atoms with van der Waals surface area (Å²) in [6.45, 7) is 1.79. The minimum atomic E-state index is -0.456. The summed E-state index contributed by atoms with van der Waals surface area (Å²) in [7, 11) is 0. The van der Waals surface area contributed by atoms with Gasteiger partial charge in [0.2, 0.25) is 5.91 Å². The third-order valence-electron chi connectivity index (χ3n) is 3.74. The highest BCUT2D eigenvalue weighted by Gasteiger charge is 2.13. The number of nitro groups is 1. The van der Waals surface area contributed by atoms with E-state index in [1.807, 2.05) is 35.0 Å². The lowest BCUT2D eigenvalue weighted by molar-refractivity contribution is -0.385. The van der Waals surface area contributed by atoms with Crippen LogP contribution in [0, 0.1) is 17.0 Å². The number of benzene rings is 2. The van der Waals surface area contributed by atoms with E-state index in [9.17, 15) is 14.9 Å². The Bertz CT molecular complexity index is 949. The number of nitro benzene ring substituents is 1. The van der Waals surface area contributed by atoms with Crippen molar-refractivity contribution in [2.75, 3.05) is 5.32 Å². The minimum absolute atomic E-state index is 0.0101. The van der Waals surface area contributed by atoms with Gasteiger partial charge >= 0.3 is 0 Å². The molecule has 0 spiro atoms. The molecule has 0 aliphatic rings. The summed E-state index contributed by atoms with van der Waals surface area (Å²) in [5, 5.41) is 14.7. The quantitative estimate of drug-likeness (QED) is 0.536. The van der Waals surface area contributed by atoms with Crippen LogP contribution in [-0.2, 0) is 11.3 Å². The number of nitrogens with one attached hydrogen (secondary N) is 1. The number of nitrogens with zero attached hydrogens (tertiary/aromatic N) is 2. The average Bonchev–Trinajstić information content (AvgIpc) is 2.91. The third kappa shape index (κ3) is 3.30. The summed E-state index contributed by atoms with van der Waals surface area (Å²) in [6.07, 6.45) is 1.84. The van der Waals surface area contributed by atoms with Gasteiger partial charge in [-0.3, -0.25) is 14.9 Å². The molecule has 7 heteroatoms. The van der Waals surface area contributed by atoms with Crippen LogP contribution >= 0.6 is 15.9 Å². The monoisotopic (exact) mass is 387 g/mol. The Balaban J connectivity index is 1.78. The highest BCUT2D eigenvalue weighted by atomic mass is 79.9. The molecule has 24 heavy (non-hydrogen) atoms. The van der Waals surface area contributed by atoms with Crippen LogP contribution in [0.4, 0.5) is 11.4 Å². The maximum absolute atomic E-state index is 12.2. The van der Waals surface area contributed by atoms with E-state index in [0.29, 0.717) is 11.3 Å². The second-order valence-electron chi connectivity index (χ2n) is 5.45. The first-order valence-electron chi connectivity index (χ1n) is 7.23. The molecule has 0 saturated heterocycles. The van der Waals surface area contributed by atoms with E-state index in [0.717, 1.165) is 15.4 Å². The van der Waals surface area contributed by atoms with Gasteiger partial charge in [0.05, 0.1) is 4.92 Å². The third-order valence-corrected chi connectivity index (χ3v) is 4.23. The number of halogens is 1. The van der Waals surface area contributed by atoms with Gasteiger partial charge in [0.15, 0.2) is 0 Å². The molecule has 2 aromatic carbocycles. The molecule has 1 heterocycles. The fraction of sp³-hybridized carbons (Fsp3) is 0.118. The van der Waals surface area contributed by atoms with Crippen LogP contribution in [0.25, 0.3) is 10.9 Å². The predicted molar refractivity (Wildman–Crippen MR) is 96.1 cm³/mol. The molecule has 0 unspecified atom stereocenters. The molecule has 122 valence electrons. The summed E-state index contributed by atoms with van der Waals surface area (Å²) in [5.74, 6) is -0.242. The van der Waals surface area contributed by atoms with E-state index in [-0.39, 0.29) is 18.1 Å². The highest BCUT2D eigenvalue weighted by molar-refractivity contribution is 9.10. The molecule has 1 N–H and O–H groups in total. The standard InChI is InChI=1S/C17H14BrN3O3/c1-11-2-4-14(9-16(11)21(23)24)19-17(22)10-20-7-6-12-8-13(18)3-5-15(12)20/h2-9H,10H2,1H3,(H,19,22). The Hall–Kier alpha value is -2.67. The zero-order chi connectivity index (χ0) is 17.3. The lowest BCUT2D eigenvalue weighted by Crippen LogP contribution is -2.18. The van der Waals surface area contributed by atoms with Gasteiger partial charge in [0, 0.05) is 38.9 Å². The van der Waals surface area contributed by atoms with Crippen molar-refractivity contribution in [1.29, 1.82) is 0 Å². The lowest BCUT2D eigenvalue weighted by Gasteiger charge is -2.08. The lowest BCUT2D eigenvalue weighted by atomic mass is 10.2. The van der Waals surface area contributed by atoms with E-state index in [1.54, 1.807) is 19.1 Å². The van der Waals surface area contributed by atoms with Crippen LogP contribution in [0.15, 0.2) is 53.1 Å². The van der Waals surface area contributed by atoms with Gasteiger partial charge in [-0.1, -0.05) is 22.0 Å². The van der Waals surface area contributed by atoms with E-state index in [1.165, 1.54) is 6.07 Å². The smallest absolute Gasteiger partial charge is 0.274 e. The molecular weight excluding hydrogens is 374 g/mol. The number of anilines is 1. The zero-order valence-electron chi connectivity index (χ0n) is 12.8. The Morgan fingerprint density at radius 2 is 2.04 bits per heavy atom. The molecular formula is C17H14BrN3O3. The number of amides is 1. The zero-order valence-corrected chi connectivity index (χ0v) is 14.4. The highest BCUT2D eigenvalue weighted by Crippen LogP contribution is 2.23. The van der Waals surface area contributed by atoms with Crippen LogP contribution in [0.2, 0.25) is 0 Å². The summed E-state index contributed by atoms with van der Waals surface area (Å²) in [6, 6.07) is 12.4. The molecule has 0 radical (unpaired) electrons. The molecule has 0 bridgehead atoms. The summed E-state index contributed by atoms with van der Waals surface area (Å²) < 4.78 is 2.81. The first-order chi connectivity index (χ1) is 11.4. The largest absolute Gasteiger partial charge is 0.338 e. The molecule has 1 aromatic heterocycles. The van der Waals surface area contributed by atoms with E-state index >= 15 is 0 Å². The Labute approximate surface area is 146 Å². The fourth-order valence-corrected chi connectivity index (χ4v) is 2.93. The number of aryl methyl sites for hydroxylation is 1. The van der Waals surface area contributed by atoms with Gasteiger partial charge < -0.3 is 9.88 Å². The number of hydrogen-bond acceptors (Lipinski definition) is 3. The van der Waals surface area contributed by atoms with Crippen molar-refractivity contribution in [3.05, 3.63) is 68.8 Å². The summed E-state index contributed by atoms with van der Waals surface area (Å²) in [4.78, 5) is 22.8. The van der Waals surface area contributed by atoms with Crippen molar-refractivity contribution in [2.45, 2.75) is 13.5 Å². The van der Waals surface area contributed by atoms with E-state index in [4.69, 9.17) is 0 Å². The molecule has 0 atom stereocenters. The predicted octanol–water partition coefficient (Wildman–Crippen LogP) is 4.26. The number of carbonyl (C=O) groups excluding carboxylic acids is 1. The van der Waals surface area contributed by atoms with Crippen molar-refractivity contribution in [2.24, 2.45) is 0 Å². The number of aromatic nitrogens is 1. The molecule has 0 fully saturated rings. The molecule has 6 nitrogen and oxygen atoms in total. The first-order valence-corrected chi connectivity index (χ1v) is 8.02. The van der Waals surface area contributed by atoms with Crippen molar-refractivity contribution in [1.82, 2.24) is 4.57 Å². The Morgan fingerprint density at radius 1 is 1.25 bits per heavy atom. The molecule has 0 saturated carbocycles. The number of rotatable bonds is 4. The van der Waals surface area contributed by atoms with Crippen molar-refractivity contribution in [3.63, 3.8) is 0 Å². The van der Waals surface area contributed by atoms with Gasteiger partial charge in [-0.15, -0.1) is 0 Å². The van der Waals surface area contributed by atoms with E-state index < -0.39 is 4.92 Å². The van der Waals surface area contributed by atoms with Gasteiger partial charge in [0.1, 0.15) is 6.54 Å². The number of carbonyl (C=O) groups is 1. The Kier molecular flexibility index (Phi) is 4.35.